The van der Waals surface area contributed by atoms with Crippen LogP contribution in [0.25, 0.3) is 5.57 Å². The number of aryl methyl sites for hydroxylation is 1. The molecule has 0 bridgehead atoms. The van der Waals surface area contributed by atoms with E-state index in [1.807, 2.05) is 6.07 Å². The molecule has 0 unspecified atom stereocenters. The molecule has 0 aliphatic carbocycles. The number of hydrogen-bond donors (Lipinski definition) is 1. The van der Waals surface area contributed by atoms with Crippen LogP contribution >= 0.6 is 11.8 Å². The maximum Gasteiger partial charge on any atom is 0.124 e. The van der Waals surface area contributed by atoms with E-state index in [-0.39, 0.29) is 5.82 Å². The molecule has 0 fully saturated rings. The largest absolute Gasteiger partial charge is 0.313 e. The molecule has 3 rings (SSSR count). The van der Waals surface area contributed by atoms with E-state index in [0.717, 1.165) is 34.9 Å². The van der Waals surface area contributed by atoms with Crippen molar-refractivity contribution in [3.63, 3.8) is 0 Å². The average molecular weight is 299 g/mol. The van der Waals surface area contributed by atoms with Crippen LogP contribution in [-0.2, 0) is 0 Å². The monoisotopic (exact) mass is 299 g/mol. The Labute approximate surface area is 129 Å². The molecular weight excluding hydrogens is 281 g/mol. The van der Waals surface area contributed by atoms with Crippen molar-refractivity contribution in [3.05, 3.63) is 65.5 Å². The Morgan fingerprint density at radius 1 is 1.10 bits per heavy atom. The lowest BCUT2D eigenvalue weighted by molar-refractivity contribution is 0.623. The number of benzene rings is 2. The van der Waals surface area contributed by atoms with Crippen molar-refractivity contribution < 1.29 is 4.39 Å². The van der Waals surface area contributed by atoms with Crippen molar-refractivity contribution in [3.8, 4) is 0 Å². The molecule has 1 nitrogen and oxygen atoms in total. The van der Waals surface area contributed by atoms with E-state index in [2.05, 4.69) is 42.6 Å². The first-order valence-corrected chi connectivity index (χ1v) is 7.98. The zero-order valence-corrected chi connectivity index (χ0v) is 12.8. The van der Waals surface area contributed by atoms with Gasteiger partial charge in [0.05, 0.1) is 0 Å². The molecule has 21 heavy (non-hydrogen) atoms. The maximum atomic E-state index is 13.6. The fourth-order valence-electron chi connectivity index (χ4n) is 2.45. The van der Waals surface area contributed by atoms with Crippen LogP contribution in [0.5, 0.6) is 0 Å². The molecule has 0 spiro atoms. The summed E-state index contributed by atoms with van der Waals surface area (Å²) in [5.74, 6) is -0.178. The van der Waals surface area contributed by atoms with Crippen molar-refractivity contribution in [1.29, 1.82) is 0 Å². The summed E-state index contributed by atoms with van der Waals surface area (Å²) in [6.07, 6.45) is 3.20. The van der Waals surface area contributed by atoms with Crippen LogP contribution in [0.2, 0.25) is 0 Å². The molecule has 108 valence electrons. The number of halogens is 1. The Hall–Kier alpha value is -1.58. The second-order valence-electron chi connectivity index (χ2n) is 5.24. The fourth-order valence-corrected chi connectivity index (χ4v) is 3.45. The van der Waals surface area contributed by atoms with Crippen LogP contribution in [0.3, 0.4) is 0 Å². The van der Waals surface area contributed by atoms with Gasteiger partial charge in [-0.15, -0.1) is 0 Å². The van der Waals surface area contributed by atoms with Crippen molar-refractivity contribution in [2.45, 2.75) is 23.1 Å². The zero-order chi connectivity index (χ0) is 14.7. The number of rotatable bonds is 3. The molecule has 0 radical (unpaired) electrons. The lowest BCUT2D eigenvalue weighted by Crippen LogP contribution is -2.20. The first-order chi connectivity index (χ1) is 10.2. The van der Waals surface area contributed by atoms with Gasteiger partial charge < -0.3 is 5.32 Å². The number of nitrogens with one attached hydrogen (secondary N) is 1. The zero-order valence-electron chi connectivity index (χ0n) is 12.0. The summed E-state index contributed by atoms with van der Waals surface area (Å²) in [7, 11) is 0. The van der Waals surface area contributed by atoms with Crippen LogP contribution in [-0.4, -0.2) is 13.1 Å². The van der Waals surface area contributed by atoms with Crippen molar-refractivity contribution in [2.75, 3.05) is 13.1 Å². The highest BCUT2D eigenvalue weighted by atomic mass is 32.2. The summed E-state index contributed by atoms with van der Waals surface area (Å²) in [6, 6.07) is 13.5. The van der Waals surface area contributed by atoms with Gasteiger partial charge in [0.2, 0.25) is 0 Å². The molecule has 0 saturated heterocycles. The molecule has 1 N–H and O–H groups in total. The highest BCUT2D eigenvalue weighted by Crippen LogP contribution is 2.35. The highest BCUT2D eigenvalue weighted by Gasteiger charge is 2.12. The first kappa shape index (κ1) is 14.4. The molecular formula is C18H18FNS. The van der Waals surface area contributed by atoms with Crippen molar-refractivity contribution in [2.24, 2.45) is 0 Å². The van der Waals surface area contributed by atoms with E-state index in [1.165, 1.54) is 11.1 Å². The summed E-state index contributed by atoms with van der Waals surface area (Å²) in [5, 5.41) is 3.31. The normalized spacial score (nSPS) is 14.9. The van der Waals surface area contributed by atoms with Gasteiger partial charge in [-0.2, -0.15) is 0 Å². The predicted molar refractivity (Wildman–Crippen MR) is 87.2 cm³/mol. The quantitative estimate of drug-likeness (QED) is 0.884. The van der Waals surface area contributed by atoms with Gasteiger partial charge in [-0.3, -0.25) is 0 Å². The van der Waals surface area contributed by atoms with E-state index in [9.17, 15) is 4.39 Å². The van der Waals surface area contributed by atoms with Crippen LogP contribution in [0.15, 0.2) is 58.3 Å². The van der Waals surface area contributed by atoms with E-state index in [0.29, 0.717) is 0 Å². The van der Waals surface area contributed by atoms with Crippen molar-refractivity contribution in [1.82, 2.24) is 5.32 Å². The maximum absolute atomic E-state index is 13.6. The lowest BCUT2D eigenvalue weighted by Gasteiger charge is -2.17. The minimum Gasteiger partial charge on any atom is -0.313 e. The minimum absolute atomic E-state index is 0.178. The molecule has 2 aromatic carbocycles. The minimum atomic E-state index is -0.178. The van der Waals surface area contributed by atoms with Gasteiger partial charge in [0.25, 0.3) is 0 Å². The molecule has 0 aromatic heterocycles. The summed E-state index contributed by atoms with van der Waals surface area (Å²) < 4.78 is 13.6. The molecule has 1 aliphatic rings. The molecule has 0 saturated carbocycles. The SMILES string of the molecule is Cc1ccc(Sc2cc(F)ccc2C2=CCNCC2)cc1. The molecule has 2 aromatic rings. The van der Waals surface area contributed by atoms with Crippen LogP contribution in [0, 0.1) is 12.7 Å². The summed E-state index contributed by atoms with van der Waals surface area (Å²) in [5.41, 5.74) is 3.70. The van der Waals surface area contributed by atoms with Crippen molar-refractivity contribution >= 4 is 17.3 Å². The van der Waals surface area contributed by atoms with Crippen LogP contribution in [0.4, 0.5) is 4.39 Å². The molecule has 0 amide bonds. The Morgan fingerprint density at radius 3 is 2.62 bits per heavy atom. The van der Waals surface area contributed by atoms with E-state index in [4.69, 9.17) is 0 Å². The summed E-state index contributed by atoms with van der Waals surface area (Å²) >= 11 is 1.63. The van der Waals surface area contributed by atoms with Gasteiger partial charge in [-0.1, -0.05) is 41.6 Å². The van der Waals surface area contributed by atoms with Gasteiger partial charge in [0.1, 0.15) is 5.82 Å². The third-order valence-electron chi connectivity index (χ3n) is 3.60. The standard InChI is InChI=1S/C18H18FNS/c1-13-2-5-16(6-3-13)21-18-12-15(19)4-7-17(18)14-8-10-20-11-9-14/h2-8,12,20H,9-11H2,1H3. The van der Waals surface area contributed by atoms with Gasteiger partial charge >= 0.3 is 0 Å². The second-order valence-corrected chi connectivity index (χ2v) is 6.35. The fraction of sp³-hybridized carbons (Fsp3) is 0.222. The van der Waals surface area contributed by atoms with Gasteiger partial charge in [-0.05, 0) is 55.3 Å². The highest BCUT2D eigenvalue weighted by molar-refractivity contribution is 7.99. The molecule has 3 heteroatoms. The Kier molecular flexibility index (Phi) is 4.42. The third kappa shape index (κ3) is 3.55. The van der Waals surface area contributed by atoms with Gasteiger partial charge in [-0.25, -0.2) is 4.39 Å². The Balaban J connectivity index is 1.94. The Bertz CT molecular complexity index is 661. The molecule has 0 atom stereocenters. The number of hydrogen-bond acceptors (Lipinski definition) is 2. The summed E-state index contributed by atoms with van der Waals surface area (Å²) in [6.45, 7) is 3.95. The first-order valence-electron chi connectivity index (χ1n) is 7.16. The predicted octanol–water partition coefficient (Wildman–Crippen LogP) is 4.66. The molecule has 1 aliphatic heterocycles. The average Bonchev–Trinajstić information content (AvgIpc) is 2.51. The molecule has 1 heterocycles. The van der Waals surface area contributed by atoms with E-state index in [1.54, 1.807) is 23.9 Å². The van der Waals surface area contributed by atoms with Gasteiger partial charge in [0.15, 0.2) is 0 Å². The van der Waals surface area contributed by atoms with Gasteiger partial charge in [0, 0.05) is 16.3 Å². The summed E-state index contributed by atoms with van der Waals surface area (Å²) in [4.78, 5) is 2.13. The Morgan fingerprint density at radius 2 is 1.90 bits per heavy atom. The van der Waals surface area contributed by atoms with E-state index >= 15 is 0 Å². The third-order valence-corrected chi connectivity index (χ3v) is 4.67. The van der Waals surface area contributed by atoms with Crippen LogP contribution in [0.1, 0.15) is 17.5 Å². The lowest BCUT2D eigenvalue weighted by atomic mass is 10.0. The van der Waals surface area contributed by atoms with E-state index < -0.39 is 0 Å². The topological polar surface area (TPSA) is 12.0 Å². The smallest absolute Gasteiger partial charge is 0.124 e. The second kappa shape index (κ2) is 6.46. The van der Waals surface area contributed by atoms with Crippen LogP contribution < -0.4 is 5.32 Å².